The third-order valence-electron chi connectivity index (χ3n) is 5.02. The van der Waals surface area contributed by atoms with Crippen LogP contribution in [0.1, 0.15) is 53.9 Å². The van der Waals surface area contributed by atoms with Crippen LogP contribution in [0.25, 0.3) is 0 Å². The largest absolute Gasteiger partial charge is 0.469 e. The Labute approximate surface area is 150 Å². The van der Waals surface area contributed by atoms with Crippen LogP contribution in [0.2, 0.25) is 0 Å². The lowest BCUT2D eigenvalue weighted by Gasteiger charge is -2.33. The highest BCUT2D eigenvalue weighted by molar-refractivity contribution is 5.74. The average molecular weight is 358 g/mol. The monoisotopic (exact) mass is 358 g/mol. The Bertz CT molecular complexity index is 459. The molecule has 0 aromatic rings. The van der Waals surface area contributed by atoms with Gasteiger partial charge in [-0.3, -0.25) is 4.79 Å². The van der Waals surface area contributed by atoms with Crippen molar-refractivity contribution < 1.29 is 24.2 Å². The summed E-state index contributed by atoms with van der Waals surface area (Å²) in [6.07, 6.45) is 0.484. The topological polar surface area (TPSA) is 111 Å². The molecule has 0 saturated heterocycles. The van der Waals surface area contributed by atoms with Gasteiger partial charge < -0.3 is 25.6 Å². The first kappa shape index (κ1) is 21.7. The smallest absolute Gasteiger partial charge is 0.407 e. The number of carbonyl (C=O) groups excluding carboxylic acids is 2. The normalized spacial score (nSPS) is 27.9. The summed E-state index contributed by atoms with van der Waals surface area (Å²) in [6, 6.07) is -0.774. The third-order valence-corrected chi connectivity index (χ3v) is 5.02. The molecule has 0 bridgehead atoms. The van der Waals surface area contributed by atoms with Gasteiger partial charge in [0.15, 0.2) is 0 Å². The highest BCUT2D eigenvalue weighted by atomic mass is 16.6. The van der Waals surface area contributed by atoms with Crippen molar-refractivity contribution in [2.45, 2.75) is 77.7 Å². The number of amides is 1. The SMILES string of the molecule is CCC(CC)C(N)C1C(NC(=O)OC(C)(C)C)CC(C(=O)OC)C1O. The second kappa shape index (κ2) is 8.85. The number of alkyl carbamates (subject to hydrolysis) is 1. The van der Waals surface area contributed by atoms with Gasteiger partial charge in [-0.25, -0.2) is 4.79 Å². The summed E-state index contributed by atoms with van der Waals surface area (Å²) in [7, 11) is 1.29. The zero-order chi connectivity index (χ0) is 19.4. The molecule has 7 nitrogen and oxygen atoms in total. The summed E-state index contributed by atoms with van der Waals surface area (Å²) in [4.78, 5) is 24.2. The van der Waals surface area contributed by atoms with Crippen LogP contribution in [0.5, 0.6) is 0 Å². The van der Waals surface area contributed by atoms with Gasteiger partial charge in [0.05, 0.1) is 19.1 Å². The molecule has 1 fully saturated rings. The minimum absolute atomic E-state index is 0.194. The van der Waals surface area contributed by atoms with Crippen molar-refractivity contribution >= 4 is 12.1 Å². The van der Waals surface area contributed by atoms with Gasteiger partial charge in [0.25, 0.3) is 0 Å². The fourth-order valence-corrected chi connectivity index (χ4v) is 3.72. The Kier molecular flexibility index (Phi) is 7.68. The molecule has 7 heteroatoms. The Morgan fingerprint density at radius 3 is 2.28 bits per heavy atom. The van der Waals surface area contributed by atoms with E-state index in [0.717, 1.165) is 12.8 Å². The molecule has 0 aromatic carbocycles. The van der Waals surface area contributed by atoms with Crippen molar-refractivity contribution in [3.8, 4) is 0 Å². The zero-order valence-corrected chi connectivity index (χ0v) is 16.2. The average Bonchev–Trinajstić information content (AvgIpc) is 2.81. The summed E-state index contributed by atoms with van der Waals surface area (Å²) in [6.45, 7) is 9.43. The summed E-state index contributed by atoms with van der Waals surface area (Å²) in [5.41, 5.74) is 5.80. The van der Waals surface area contributed by atoms with Gasteiger partial charge in [0, 0.05) is 18.0 Å². The number of ether oxygens (including phenoxy) is 2. The van der Waals surface area contributed by atoms with E-state index in [0.29, 0.717) is 0 Å². The lowest BCUT2D eigenvalue weighted by atomic mass is 9.81. The number of nitrogens with one attached hydrogen (secondary N) is 1. The van der Waals surface area contributed by atoms with Crippen molar-refractivity contribution in [1.29, 1.82) is 0 Å². The molecule has 0 aliphatic heterocycles. The minimum atomic E-state index is -0.956. The van der Waals surface area contributed by atoms with Crippen molar-refractivity contribution in [1.82, 2.24) is 5.32 Å². The second-order valence-corrected chi connectivity index (χ2v) is 7.84. The van der Waals surface area contributed by atoms with Gasteiger partial charge in [-0.05, 0) is 33.1 Å². The minimum Gasteiger partial charge on any atom is -0.469 e. The molecular formula is C18H34N2O5. The number of rotatable bonds is 6. The summed E-state index contributed by atoms with van der Waals surface area (Å²) < 4.78 is 10.1. The molecule has 0 spiro atoms. The molecule has 0 aromatic heterocycles. The molecule has 0 radical (unpaired) electrons. The van der Waals surface area contributed by atoms with Gasteiger partial charge in [-0.15, -0.1) is 0 Å². The van der Waals surface area contributed by atoms with Crippen molar-refractivity contribution in [2.24, 2.45) is 23.5 Å². The standard InChI is InChI=1S/C18H34N2O5/c1-7-10(8-2)14(19)13-12(20-17(23)25-18(3,4)5)9-11(15(13)21)16(22)24-6/h10-15,21H,7-9,19H2,1-6H3,(H,20,23). The van der Waals surface area contributed by atoms with Crippen LogP contribution in [0.4, 0.5) is 4.79 Å². The van der Waals surface area contributed by atoms with E-state index < -0.39 is 41.6 Å². The molecule has 25 heavy (non-hydrogen) atoms. The fraction of sp³-hybridized carbons (Fsp3) is 0.889. The number of esters is 1. The van der Waals surface area contributed by atoms with E-state index in [-0.39, 0.29) is 18.4 Å². The molecule has 146 valence electrons. The summed E-state index contributed by atoms with van der Waals surface area (Å²) in [5, 5.41) is 13.5. The molecule has 5 unspecified atom stereocenters. The first-order valence-electron chi connectivity index (χ1n) is 9.06. The Morgan fingerprint density at radius 2 is 1.84 bits per heavy atom. The number of hydrogen-bond donors (Lipinski definition) is 3. The first-order valence-corrected chi connectivity index (χ1v) is 9.06. The molecule has 5 atom stereocenters. The number of nitrogens with two attached hydrogens (primary N) is 1. The van der Waals surface area contributed by atoms with Crippen LogP contribution < -0.4 is 11.1 Å². The van der Waals surface area contributed by atoms with E-state index in [1.165, 1.54) is 7.11 Å². The molecule has 1 rings (SSSR count). The van der Waals surface area contributed by atoms with Gasteiger partial charge in [-0.2, -0.15) is 0 Å². The highest BCUT2D eigenvalue weighted by Gasteiger charge is 2.50. The van der Waals surface area contributed by atoms with Gasteiger partial charge in [-0.1, -0.05) is 26.7 Å². The Balaban J connectivity index is 3.00. The van der Waals surface area contributed by atoms with E-state index in [2.05, 4.69) is 5.32 Å². The predicted octanol–water partition coefficient (Wildman–Crippen LogP) is 1.81. The van der Waals surface area contributed by atoms with E-state index in [1.807, 2.05) is 13.8 Å². The number of methoxy groups -OCH3 is 1. The van der Waals surface area contributed by atoms with Crippen LogP contribution in [0, 0.1) is 17.8 Å². The lowest BCUT2D eigenvalue weighted by Crippen LogP contribution is -2.51. The Hall–Kier alpha value is -1.34. The molecular weight excluding hydrogens is 324 g/mol. The van der Waals surface area contributed by atoms with Crippen LogP contribution in [-0.2, 0) is 14.3 Å². The maximum Gasteiger partial charge on any atom is 0.407 e. The van der Waals surface area contributed by atoms with Crippen LogP contribution in [0.15, 0.2) is 0 Å². The molecule has 1 aliphatic rings. The summed E-state index contributed by atoms with van der Waals surface area (Å²) in [5.74, 6) is -1.42. The van der Waals surface area contributed by atoms with Gasteiger partial charge >= 0.3 is 12.1 Å². The van der Waals surface area contributed by atoms with Crippen LogP contribution in [0.3, 0.4) is 0 Å². The quantitative estimate of drug-likeness (QED) is 0.625. The molecule has 1 saturated carbocycles. The summed E-state index contributed by atoms with van der Waals surface area (Å²) >= 11 is 0. The number of aliphatic hydroxyl groups excluding tert-OH is 1. The molecule has 0 heterocycles. The van der Waals surface area contributed by atoms with Gasteiger partial charge in [0.2, 0.25) is 0 Å². The third kappa shape index (κ3) is 5.57. The lowest BCUT2D eigenvalue weighted by molar-refractivity contribution is -0.149. The zero-order valence-electron chi connectivity index (χ0n) is 16.2. The van der Waals surface area contributed by atoms with Crippen molar-refractivity contribution in [3.05, 3.63) is 0 Å². The van der Waals surface area contributed by atoms with E-state index in [4.69, 9.17) is 15.2 Å². The predicted molar refractivity (Wildman–Crippen MR) is 94.8 cm³/mol. The molecule has 4 N–H and O–H groups in total. The maximum absolute atomic E-state index is 12.2. The first-order chi connectivity index (χ1) is 11.6. The van der Waals surface area contributed by atoms with Crippen LogP contribution >= 0.6 is 0 Å². The van der Waals surface area contributed by atoms with Crippen molar-refractivity contribution in [2.75, 3.05) is 7.11 Å². The van der Waals surface area contributed by atoms with Crippen LogP contribution in [-0.4, -0.2) is 48.1 Å². The van der Waals surface area contributed by atoms with E-state index >= 15 is 0 Å². The number of aliphatic hydroxyl groups is 1. The maximum atomic E-state index is 12.2. The number of hydrogen-bond acceptors (Lipinski definition) is 6. The Morgan fingerprint density at radius 1 is 1.28 bits per heavy atom. The van der Waals surface area contributed by atoms with E-state index in [9.17, 15) is 14.7 Å². The van der Waals surface area contributed by atoms with Gasteiger partial charge in [0.1, 0.15) is 5.60 Å². The van der Waals surface area contributed by atoms with Crippen molar-refractivity contribution in [3.63, 3.8) is 0 Å². The fourth-order valence-electron chi connectivity index (χ4n) is 3.72. The highest BCUT2D eigenvalue weighted by Crippen LogP contribution is 2.37. The molecule has 1 aliphatic carbocycles. The second-order valence-electron chi connectivity index (χ2n) is 7.84. The van der Waals surface area contributed by atoms with E-state index in [1.54, 1.807) is 20.8 Å². The number of carbonyl (C=O) groups is 2. The molecule has 1 amide bonds.